The molecule has 3 rings (SSSR count). The lowest BCUT2D eigenvalue weighted by Gasteiger charge is -2.13. The molecule has 2 heteroatoms. The minimum absolute atomic E-state index is 0.264. The smallest absolute Gasteiger partial charge is 0.131 e. The molecule has 0 saturated heterocycles. The van der Waals surface area contributed by atoms with E-state index in [0.717, 1.165) is 47.2 Å². The predicted molar refractivity (Wildman–Crippen MR) is 120 cm³/mol. The van der Waals surface area contributed by atoms with Crippen molar-refractivity contribution in [1.82, 2.24) is 0 Å². The van der Waals surface area contributed by atoms with Gasteiger partial charge < -0.3 is 10.2 Å². The second kappa shape index (κ2) is 8.68. The van der Waals surface area contributed by atoms with Gasteiger partial charge in [-0.2, -0.15) is 0 Å². The van der Waals surface area contributed by atoms with Crippen LogP contribution in [-0.4, -0.2) is 10.2 Å². The van der Waals surface area contributed by atoms with E-state index in [4.69, 9.17) is 0 Å². The lowest BCUT2D eigenvalue weighted by atomic mass is 9.95. The van der Waals surface area contributed by atoms with Crippen molar-refractivity contribution in [3.8, 4) is 11.5 Å². The molecule has 0 aliphatic rings. The highest BCUT2D eigenvalue weighted by atomic mass is 16.3. The van der Waals surface area contributed by atoms with Gasteiger partial charge >= 0.3 is 0 Å². The van der Waals surface area contributed by atoms with Gasteiger partial charge in [-0.05, 0) is 68.7 Å². The van der Waals surface area contributed by atoms with Crippen molar-refractivity contribution in [1.29, 1.82) is 0 Å². The van der Waals surface area contributed by atoms with E-state index in [1.165, 1.54) is 23.1 Å². The summed E-state index contributed by atoms with van der Waals surface area (Å²) in [7, 11) is 0. The Kier molecular flexibility index (Phi) is 6.28. The first-order chi connectivity index (χ1) is 13.4. The van der Waals surface area contributed by atoms with Crippen molar-refractivity contribution >= 4 is 21.5 Å². The Morgan fingerprint density at radius 2 is 1.36 bits per heavy atom. The molecule has 0 heterocycles. The van der Waals surface area contributed by atoms with Gasteiger partial charge in [0.25, 0.3) is 0 Å². The fourth-order valence-electron chi connectivity index (χ4n) is 3.83. The van der Waals surface area contributed by atoms with Crippen molar-refractivity contribution in [3.63, 3.8) is 0 Å². The van der Waals surface area contributed by atoms with Crippen LogP contribution in [0.25, 0.3) is 21.5 Å². The monoisotopic (exact) mass is 376 g/mol. The number of hydrogen-bond acceptors (Lipinski definition) is 2. The third-order valence-corrected chi connectivity index (χ3v) is 5.42. The number of fused-ring (bicyclic) bond motifs is 2. The lowest BCUT2D eigenvalue weighted by molar-refractivity contribution is 0.478. The van der Waals surface area contributed by atoms with Crippen LogP contribution in [-0.2, 0) is 12.8 Å². The molecule has 0 aliphatic carbocycles. The van der Waals surface area contributed by atoms with Crippen LogP contribution in [0.5, 0.6) is 11.5 Å². The van der Waals surface area contributed by atoms with Crippen LogP contribution in [0.4, 0.5) is 0 Å². The molecular formula is C26H32O2. The third kappa shape index (κ3) is 4.49. The van der Waals surface area contributed by atoms with Crippen LogP contribution in [0.3, 0.4) is 0 Å². The minimum atomic E-state index is 0.264. The SMILES string of the molecule is CC(C)=CCCc1ccc2c(O)c3cc(CCCC(C)C)ccc3c(O)c2c1. The van der Waals surface area contributed by atoms with Gasteiger partial charge in [-0.3, -0.25) is 0 Å². The summed E-state index contributed by atoms with van der Waals surface area (Å²) >= 11 is 0. The van der Waals surface area contributed by atoms with Gasteiger partial charge in [0.15, 0.2) is 0 Å². The Morgan fingerprint density at radius 3 is 1.86 bits per heavy atom. The molecule has 0 fully saturated rings. The average Bonchev–Trinajstić information content (AvgIpc) is 2.65. The van der Waals surface area contributed by atoms with E-state index in [9.17, 15) is 10.2 Å². The zero-order valence-electron chi connectivity index (χ0n) is 17.5. The fourth-order valence-corrected chi connectivity index (χ4v) is 3.83. The van der Waals surface area contributed by atoms with Crippen LogP contribution >= 0.6 is 0 Å². The van der Waals surface area contributed by atoms with Gasteiger partial charge in [0.05, 0.1) is 0 Å². The fraction of sp³-hybridized carbons (Fsp3) is 0.385. The number of aromatic hydroxyl groups is 2. The second-order valence-corrected chi connectivity index (χ2v) is 8.56. The van der Waals surface area contributed by atoms with E-state index >= 15 is 0 Å². The Labute approximate surface area is 168 Å². The van der Waals surface area contributed by atoms with E-state index in [2.05, 4.69) is 45.9 Å². The molecule has 0 radical (unpaired) electrons. The maximum atomic E-state index is 10.9. The van der Waals surface area contributed by atoms with Crippen LogP contribution in [0.15, 0.2) is 48.0 Å². The van der Waals surface area contributed by atoms with Crippen LogP contribution in [0.1, 0.15) is 58.1 Å². The van der Waals surface area contributed by atoms with E-state index in [0.29, 0.717) is 5.92 Å². The summed E-state index contributed by atoms with van der Waals surface area (Å²) in [6, 6.07) is 12.1. The Balaban J connectivity index is 1.97. The topological polar surface area (TPSA) is 40.5 Å². The van der Waals surface area contributed by atoms with Gasteiger partial charge in [-0.1, -0.05) is 56.2 Å². The van der Waals surface area contributed by atoms with Gasteiger partial charge in [0.2, 0.25) is 0 Å². The van der Waals surface area contributed by atoms with E-state index < -0.39 is 0 Å². The summed E-state index contributed by atoms with van der Waals surface area (Å²) in [6.45, 7) is 8.69. The van der Waals surface area contributed by atoms with Gasteiger partial charge in [0, 0.05) is 21.5 Å². The second-order valence-electron chi connectivity index (χ2n) is 8.56. The lowest BCUT2D eigenvalue weighted by Crippen LogP contribution is -1.92. The summed E-state index contributed by atoms with van der Waals surface area (Å²) in [5, 5.41) is 24.7. The number of phenolic OH excluding ortho intramolecular Hbond substituents is 2. The number of rotatable bonds is 7. The van der Waals surface area contributed by atoms with Gasteiger partial charge in [-0.15, -0.1) is 0 Å². The zero-order chi connectivity index (χ0) is 20.3. The predicted octanol–water partition coefficient (Wildman–Crippen LogP) is 7.28. The van der Waals surface area contributed by atoms with Gasteiger partial charge in [0.1, 0.15) is 11.5 Å². The zero-order valence-corrected chi connectivity index (χ0v) is 17.5. The molecular weight excluding hydrogens is 344 g/mol. The molecule has 3 aromatic rings. The minimum Gasteiger partial charge on any atom is -0.507 e. The van der Waals surface area contributed by atoms with Crippen molar-refractivity contribution in [2.75, 3.05) is 0 Å². The summed E-state index contributed by atoms with van der Waals surface area (Å²) in [5.41, 5.74) is 3.70. The normalized spacial score (nSPS) is 11.5. The van der Waals surface area contributed by atoms with E-state index in [-0.39, 0.29) is 11.5 Å². The summed E-state index contributed by atoms with van der Waals surface area (Å²) < 4.78 is 0. The summed E-state index contributed by atoms with van der Waals surface area (Å²) in [4.78, 5) is 0. The highest BCUT2D eigenvalue weighted by Crippen LogP contribution is 2.42. The average molecular weight is 377 g/mol. The molecule has 0 aromatic heterocycles. The number of allylic oxidation sites excluding steroid dienone is 2. The molecule has 0 amide bonds. The molecule has 0 aliphatic heterocycles. The van der Waals surface area contributed by atoms with Crippen molar-refractivity contribution < 1.29 is 10.2 Å². The number of hydrogen-bond donors (Lipinski definition) is 2. The number of aryl methyl sites for hydroxylation is 2. The highest BCUT2D eigenvalue weighted by Gasteiger charge is 2.14. The molecule has 0 bridgehead atoms. The Bertz CT molecular complexity index is 1010. The van der Waals surface area contributed by atoms with Gasteiger partial charge in [-0.25, -0.2) is 0 Å². The van der Waals surface area contributed by atoms with Crippen molar-refractivity contribution in [2.24, 2.45) is 5.92 Å². The van der Waals surface area contributed by atoms with Crippen LogP contribution in [0, 0.1) is 5.92 Å². The summed E-state index contributed by atoms with van der Waals surface area (Å²) in [6.07, 6.45) is 7.46. The summed E-state index contributed by atoms with van der Waals surface area (Å²) in [5.74, 6) is 1.23. The van der Waals surface area contributed by atoms with E-state index in [1.54, 1.807) is 0 Å². The van der Waals surface area contributed by atoms with Crippen molar-refractivity contribution in [2.45, 2.75) is 59.8 Å². The molecule has 0 unspecified atom stereocenters. The molecule has 0 spiro atoms. The van der Waals surface area contributed by atoms with Crippen LogP contribution < -0.4 is 0 Å². The molecule has 2 N–H and O–H groups in total. The first kappa shape index (κ1) is 20.3. The molecule has 0 saturated carbocycles. The maximum Gasteiger partial charge on any atom is 0.131 e. The molecule has 0 atom stereocenters. The van der Waals surface area contributed by atoms with Crippen LogP contribution in [0.2, 0.25) is 0 Å². The van der Waals surface area contributed by atoms with Crippen molar-refractivity contribution in [3.05, 3.63) is 59.2 Å². The molecule has 2 nitrogen and oxygen atoms in total. The molecule has 3 aromatic carbocycles. The first-order valence-electron chi connectivity index (χ1n) is 10.4. The standard InChI is InChI=1S/C26H32O2/c1-17(2)7-5-9-19-11-13-21-23(15-19)25(27)22-14-12-20(10-6-8-18(3)4)16-24(22)26(21)28/h7,11-16,18,27-28H,5-6,8-10H2,1-4H3. The number of phenols is 2. The molecule has 28 heavy (non-hydrogen) atoms. The Morgan fingerprint density at radius 1 is 0.821 bits per heavy atom. The largest absolute Gasteiger partial charge is 0.507 e. The maximum absolute atomic E-state index is 10.9. The molecule has 148 valence electrons. The van der Waals surface area contributed by atoms with E-state index in [1.807, 2.05) is 24.3 Å². The third-order valence-electron chi connectivity index (χ3n) is 5.42. The quantitative estimate of drug-likeness (QED) is 0.258. The highest BCUT2D eigenvalue weighted by molar-refractivity contribution is 6.10. The Hall–Kier alpha value is -2.48. The number of benzene rings is 3. The first-order valence-corrected chi connectivity index (χ1v) is 10.4.